The lowest BCUT2D eigenvalue weighted by Gasteiger charge is -2.27. The maximum Gasteiger partial charge on any atom is 0.372 e. The van der Waals surface area contributed by atoms with Crippen LogP contribution in [0.2, 0.25) is 0 Å². The van der Waals surface area contributed by atoms with Gasteiger partial charge in [-0.15, -0.1) is 0 Å². The molecule has 1 fully saturated rings. The summed E-state index contributed by atoms with van der Waals surface area (Å²) in [5.74, 6) is 0. The van der Waals surface area contributed by atoms with Gasteiger partial charge < -0.3 is 4.89 Å². The summed E-state index contributed by atoms with van der Waals surface area (Å²) in [5, 5.41) is 0. The van der Waals surface area contributed by atoms with Gasteiger partial charge in [0.2, 0.25) is 0 Å². The molecular formula is C28H27N2O6PS2. The summed E-state index contributed by atoms with van der Waals surface area (Å²) in [5.41, 5.74) is 2.34. The lowest BCUT2D eigenvalue weighted by atomic mass is 9.95. The fourth-order valence-electron chi connectivity index (χ4n) is 4.79. The van der Waals surface area contributed by atoms with Crippen molar-refractivity contribution in [3.8, 4) is 0 Å². The second kappa shape index (κ2) is 10.1. The van der Waals surface area contributed by atoms with Crippen molar-refractivity contribution in [1.82, 2.24) is 8.15 Å². The molecule has 0 unspecified atom stereocenters. The van der Waals surface area contributed by atoms with Crippen LogP contribution in [0.25, 0.3) is 0 Å². The number of nitrogens with zero attached hydrogens (tertiary/aromatic N) is 2. The third kappa shape index (κ3) is 4.78. The Hall–Kier alpha value is -3.11. The lowest BCUT2D eigenvalue weighted by Crippen LogP contribution is -2.29. The van der Waals surface area contributed by atoms with Crippen LogP contribution in [0.4, 0.5) is 0 Å². The van der Waals surface area contributed by atoms with Crippen molar-refractivity contribution in [2.45, 2.75) is 35.7 Å². The summed E-state index contributed by atoms with van der Waals surface area (Å²) >= 11 is 0. The van der Waals surface area contributed by atoms with Gasteiger partial charge in [0.1, 0.15) is 0 Å². The van der Waals surface area contributed by atoms with E-state index in [1.54, 1.807) is 98.8 Å². The Labute approximate surface area is 228 Å². The maximum atomic E-state index is 14.5. The molecule has 202 valence electrons. The second-order valence-electron chi connectivity index (χ2n) is 9.41. The first-order valence-corrected chi connectivity index (χ1v) is 16.6. The Kier molecular flexibility index (Phi) is 7.13. The summed E-state index contributed by atoms with van der Waals surface area (Å²) in [4.78, 5) is 11.3. The van der Waals surface area contributed by atoms with E-state index in [0.29, 0.717) is 19.3 Å². The van der Waals surface area contributed by atoms with Crippen LogP contribution in [0, 0.1) is 13.8 Å². The third-order valence-electron chi connectivity index (χ3n) is 6.70. The highest BCUT2D eigenvalue weighted by atomic mass is 32.2. The molecule has 0 saturated carbocycles. The van der Waals surface area contributed by atoms with Crippen LogP contribution in [0.15, 0.2) is 119 Å². The summed E-state index contributed by atoms with van der Waals surface area (Å²) in [6, 6.07) is 25.7. The Bertz CT molecular complexity index is 1620. The molecule has 0 radical (unpaired) electrons. The average Bonchev–Trinajstić information content (AvgIpc) is 3.18. The van der Waals surface area contributed by atoms with Crippen LogP contribution in [0.1, 0.15) is 34.3 Å². The maximum absolute atomic E-state index is 14.5. The van der Waals surface area contributed by atoms with E-state index >= 15 is 0 Å². The summed E-state index contributed by atoms with van der Waals surface area (Å²) in [7, 11) is -14.7. The van der Waals surface area contributed by atoms with Crippen molar-refractivity contribution in [3.63, 3.8) is 0 Å². The Morgan fingerprint density at radius 2 is 0.872 bits per heavy atom. The van der Waals surface area contributed by atoms with Crippen LogP contribution in [-0.2, 0) is 24.6 Å². The van der Waals surface area contributed by atoms with Crippen molar-refractivity contribution < 1.29 is 26.3 Å². The topological polar surface area (TPSA) is 112 Å². The Morgan fingerprint density at radius 1 is 0.564 bits per heavy atom. The zero-order valence-corrected chi connectivity index (χ0v) is 23.7. The fraction of sp³-hybridized carbons (Fsp3) is 0.143. The van der Waals surface area contributed by atoms with Gasteiger partial charge in [0.15, 0.2) is 0 Å². The molecule has 1 saturated heterocycles. The van der Waals surface area contributed by atoms with Crippen LogP contribution < -0.4 is 0 Å². The Morgan fingerprint density at radius 3 is 1.18 bits per heavy atom. The van der Waals surface area contributed by atoms with Gasteiger partial charge in [0, 0.05) is 0 Å². The Balaban J connectivity index is 1.83. The van der Waals surface area contributed by atoms with Crippen molar-refractivity contribution in [1.29, 1.82) is 0 Å². The van der Waals surface area contributed by atoms with Gasteiger partial charge in [-0.2, -0.15) is 0 Å². The minimum atomic E-state index is -5.31. The van der Waals surface area contributed by atoms with E-state index in [-0.39, 0.29) is 9.79 Å². The van der Waals surface area contributed by atoms with E-state index in [9.17, 15) is 26.3 Å². The molecular weight excluding hydrogens is 555 g/mol. The molecule has 5 rings (SSSR count). The van der Waals surface area contributed by atoms with Gasteiger partial charge in [-0.1, -0.05) is 104 Å². The number of benzene rings is 4. The van der Waals surface area contributed by atoms with E-state index in [0.717, 1.165) is 11.1 Å². The smallest absolute Gasteiger partial charge is 0.320 e. The lowest BCUT2D eigenvalue weighted by molar-refractivity contribution is 0.377. The van der Waals surface area contributed by atoms with Gasteiger partial charge in [0.25, 0.3) is 20.0 Å². The van der Waals surface area contributed by atoms with Gasteiger partial charge in [-0.3, -0.25) is 4.57 Å². The number of sulfonamides is 2. The highest BCUT2D eigenvalue weighted by molar-refractivity contribution is 7.99. The number of hydrogen-bond donors (Lipinski definition) is 1. The van der Waals surface area contributed by atoms with Crippen LogP contribution in [-0.4, -0.2) is 29.9 Å². The largest absolute Gasteiger partial charge is 0.372 e. The first-order valence-electron chi connectivity index (χ1n) is 12.1. The van der Waals surface area contributed by atoms with Gasteiger partial charge >= 0.3 is 7.67 Å². The van der Waals surface area contributed by atoms with Crippen molar-refractivity contribution in [2.24, 2.45) is 0 Å². The molecule has 0 amide bonds. The van der Waals surface area contributed by atoms with Crippen molar-refractivity contribution >= 4 is 27.7 Å². The van der Waals surface area contributed by atoms with Gasteiger partial charge in [-0.25, -0.2) is 16.8 Å². The van der Waals surface area contributed by atoms with E-state index in [1.165, 1.54) is 24.3 Å². The molecule has 2 atom stereocenters. The molecule has 1 N–H and O–H groups in total. The van der Waals surface area contributed by atoms with Crippen LogP contribution in [0.5, 0.6) is 0 Å². The molecule has 0 aromatic heterocycles. The highest BCUT2D eigenvalue weighted by Gasteiger charge is 2.65. The third-order valence-corrected chi connectivity index (χ3v) is 14.0. The second-order valence-corrected chi connectivity index (χ2v) is 15.5. The van der Waals surface area contributed by atoms with Gasteiger partial charge in [0.05, 0.1) is 21.9 Å². The molecule has 39 heavy (non-hydrogen) atoms. The SMILES string of the molecule is Cc1ccc(S(=O)(=O)N2[C@H](c3ccccc3)[C@@H](c3ccccc3)N(S(=O)(=O)c3ccc(C)cc3)P2(=O)O)cc1. The fourth-order valence-corrected chi connectivity index (χ4v) is 12.0. The molecule has 0 bridgehead atoms. The average molecular weight is 583 g/mol. The first-order chi connectivity index (χ1) is 18.5. The first kappa shape index (κ1) is 27.5. The highest BCUT2D eigenvalue weighted by Crippen LogP contribution is 2.70. The molecule has 4 aromatic rings. The summed E-state index contributed by atoms with van der Waals surface area (Å²) < 4.78 is 72.0. The number of aryl methyl sites for hydroxylation is 2. The monoisotopic (exact) mass is 582 g/mol. The van der Waals surface area contributed by atoms with Crippen molar-refractivity contribution in [3.05, 3.63) is 131 Å². The predicted molar refractivity (Wildman–Crippen MR) is 149 cm³/mol. The molecule has 8 nitrogen and oxygen atoms in total. The standard InChI is InChI=1S/C28H27N2O6PS2/c1-21-13-17-25(18-14-21)38(33,34)29-27(23-9-5-3-6-10-23)28(24-11-7-4-8-12-24)30(37(29,31)32)39(35,36)26-19-15-22(2)16-20-26/h3-20,27-28H,1-2H3,(H,31,32)/t27-,28-/m1/s1. The van der Waals surface area contributed by atoms with E-state index in [4.69, 9.17) is 0 Å². The summed E-state index contributed by atoms with van der Waals surface area (Å²) in [6.45, 7) is 3.58. The molecule has 11 heteroatoms. The predicted octanol–water partition coefficient (Wildman–Crippen LogP) is 5.58. The van der Waals surface area contributed by atoms with E-state index in [2.05, 4.69) is 0 Å². The molecule has 0 aliphatic carbocycles. The minimum absolute atomic E-state index is 0.218. The quantitative estimate of drug-likeness (QED) is 0.297. The molecule has 4 aromatic carbocycles. The molecule has 1 aliphatic rings. The molecule has 1 heterocycles. The van der Waals surface area contributed by atoms with E-state index < -0.39 is 39.8 Å². The zero-order chi connectivity index (χ0) is 28.0. The van der Waals surface area contributed by atoms with Crippen molar-refractivity contribution in [2.75, 3.05) is 0 Å². The van der Waals surface area contributed by atoms with Crippen LogP contribution in [0.3, 0.4) is 0 Å². The normalized spacial score (nSPS) is 20.2. The molecule has 1 aliphatic heterocycles. The number of rotatable bonds is 6. The molecule has 0 spiro atoms. The van der Waals surface area contributed by atoms with E-state index in [1.807, 2.05) is 0 Å². The minimum Gasteiger partial charge on any atom is -0.320 e. The van der Waals surface area contributed by atoms with Crippen LogP contribution >= 0.6 is 7.67 Å². The number of hydrogen-bond acceptors (Lipinski definition) is 5. The zero-order valence-electron chi connectivity index (χ0n) is 21.2. The summed E-state index contributed by atoms with van der Waals surface area (Å²) in [6.07, 6.45) is 0. The van der Waals surface area contributed by atoms with Gasteiger partial charge in [-0.05, 0) is 49.2 Å².